The minimum Gasteiger partial charge on any atom is -0.312 e. The first-order valence-electron chi connectivity index (χ1n) is 4.05. The van der Waals surface area contributed by atoms with E-state index in [2.05, 4.69) is 0 Å². The van der Waals surface area contributed by atoms with Crippen molar-refractivity contribution in [3.8, 4) is 5.69 Å². The number of nitrogens with zero attached hydrogens (tertiary/aromatic N) is 2. The van der Waals surface area contributed by atoms with Crippen LogP contribution in [0.1, 0.15) is 0 Å². The third-order valence-corrected chi connectivity index (χ3v) is 1.89. The van der Waals surface area contributed by atoms with Crippen molar-refractivity contribution in [1.29, 1.82) is 0 Å². The van der Waals surface area contributed by atoms with E-state index in [1.807, 2.05) is 6.07 Å². The van der Waals surface area contributed by atoms with Gasteiger partial charge in [0.1, 0.15) is 0 Å². The van der Waals surface area contributed by atoms with Crippen LogP contribution >= 0.6 is 0 Å². The highest BCUT2D eigenvalue weighted by atomic mass is 16.5. The lowest BCUT2D eigenvalue weighted by molar-refractivity contribution is 0.312. The molecule has 0 N–H and O–H groups in total. The van der Waals surface area contributed by atoms with E-state index < -0.39 is 11.4 Å². The highest BCUT2D eigenvalue weighted by Gasteiger charge is 2.08. The van der Waals surface area contributed by atoms with Crippen LogP contribution in [0.25, 0.3) is 5.69 Å². The molecular formula is C9H8N2O3. The van der Waals surface area contributed by atoms with Gasteiger partial charge in [-0.3, -0.25) is 0 Å². The maximum atomic E-state index is 11.4. The van der Waals surface area contributed by atoms with Crippen LogP contribution in [0.2, 0.25) is 0 Å². The first kappa shape index (κ1) is 8.55. The highest BCUT2D eigenvalue weighted by molar-refractivity contribution is 5.28. The number of benzene rings is 1. The van der Waals surface area contributed by atoms with E-state index >= 15 is 0 Å². The van der Waals surface area contributed by atoms with E-state index in [9.17, 15) is 9.59 Å². The van der Waals surface area contributed by atoms with E-state index in [4.69, 9.17) is 4.52 Å². The van der Waals surface area contributed by atoms with Gasteiger partial charge in [-0.2, -0.15) is 0 Å². The first-order valence-corrected chi connectivity index (χ1v) is 4.05. The van der Waals surface area contributed by atoms with Gasteiger partial charge in [-0.15, -0.1) is 4.74 Å². The molecule has 1 aromatic heterocycles. The van der Waals surface area contributed by atoms with Crippen molar-refractivity contribution < 1.29 is 4.52 Å². The fraction of sp³-hybridized carbons (Fsp3) is 0.111. The number of hydrogen-bond donors (Lipinski definition) is 0. The second-order valence-electron chi connectivity index (χ2n) is 2.83. The quantitative estimate of drug-likeness (QED) is 0.645. The minimum atomic E-state index is -0.668. The van der Waals surface area contributed by atoms with Crippen molar-refractivity contribution >= 4 is 0 Å². The normalized spacial score (nSPS) is 10.4. The minimum absolute atomic E-state index is 0.485. The Kier molecular flexibility index (Phi) is 1.85. The van der Waals surface area contributed by atoms with Crippen molar-refractivity contribution in [3.63, 3.8) is 0 Å². The number of aromatic nitrogens is 2. The van der Waals surface area contributed by atoms with Crippen LogP contribution in [-0.2, 0) is 7.05 Å². The van der Waals surface area contributed by atoms with E-state index in [1.54, 1.807) is 24.3 Å². The molecule has 5 nitrogen and oxygen atoms in total. The monoisotopic (exact) mass is 192 g/mol. The zero-order chi connectivity index (χ0) is 10.1. The van der Waals surface area contributed by atoms with Crippen molar-refractivity contribution in [3.05, 3.63) is 51.4 Å². The summed E-state index contributed by atoms with van der Waals surface area (Å²) in [6, 6.07) is 8.70. The molecule has 0 saturated carbocycles. The molecule has 2 aromatic rings. The van der Waals surface area contributed by atoms with Crippen LogP contribution < -0.4 is 11.4 Å². The maximum Gasteiger partial charge on any atom is 0.442 e. The van der Waals surface area contributed by atoms with Crippen LogP contribution in [0.3, 0.4) is 0 Å². The summed E-state index contributed by atoms with van der Waals surface area (Å²) in [5, 5.41) is 0. The molecule has 72 valence electrons. The SMILES string of the molecule is Cn1c(=O)on(-c2ccccc2)c1=O. The summed E-state index contributed by atoms with van der Waals surface area (Å²) >= 11 is 0. The van der Waals surface area contributed by atoms with Gasteiger partial charge < -0.3 is 4.52 Å². The largest absolute Gasteiger partial charge is 0.442 e. The number of hydrogen-bond acceptors (Lipinski definition) is 3. The van der Waals surface area contributed by atoms with Crippen molar-refractivity contribution in [2.75, 3.05) is 0 Å². The Bertz CT molecular complexity index is 547. The molecule has 0 aliphatic carbocycles. The molecule has 2 rings (SSSR count). The summed E-state index contributed by atoms with van der Waals surface area (Å²) in [6.07, 6.45) is 0. The van der Waals surface area contributed by atoms with Gasteiger partial charge in [0.25, 0.3) is 0 Å². The first-order chi connectivity index (χ1) is 6.70. The summed E-state index contributed by atoms with van der Waals surface area (Å²) in [4.78, 5) is 22.4. The smallest absolute Gasteiger partial charge is 0.312 e. The van der Waals surface area contributed by atoms with Crippen LogP contribution in [-0.4, -0.2) is 9.31 Å². The summed E-state index contributed by atoms with van der Waals surface area (Å²) < 4.78 is 6.61. The van der Waals surface area contributed by atoms with Gasteiger partial charge in [0.05, 0.1) is 5.69 Å². The van der Waals surface area contributed by atoms with Crippen LogP contribution in [0.15, 0.2) is 44.4 Å². The molecule has 0 bridgehead atoms. The highest BCUT2D eigenvalue weighted by Crippen LogP contribution is 2.01. The van der Waals surface area contributed by atoms with E-state index in [1.165, 1.54) is 7.05 Å². The van der Waals surface area contributed by atoms with Gasteiger partial charge in [0.2, 0.25) is 0 Å². The topological polar surface area (TPSA) is 57.1 Å². The zero-order valence-corrected chi connectivity index (χ0v) is 7.51. The summed E-state index contributed by atoms with van der Waals surface area (Å²) in [5.41, 5.74) is 0.0522. The Balaban J connectivity index is 2.71. The molecule has 0 fully saturated rings. The molecule has 0 spiro atoms. The lowest BCUT2D eigenvalue weighted by Gasteiger charge is -1.95. The summed E-state index contributed by atoms with van der Waals surface area (Å²) in [5.74, 6) is -0.668. The average molecular weight is 192 g/mol. The summed E-state index contributed by atoms with van der Waals surface area (Å²) in [6.45, 7) is 0. The fourth-order valence-corrected chi connectivity index (χ4v) is 1.12. The van der Waals surface area contributed by atoms with Gasteiger partial charge in [-0.1, -0.05) is 18.2 Å². The third-order valence-electron chi connectivity index (χ3n) is 1.89. The third kappa shape index (κ3) is 1.19. The molecule has 0 unspecified atom stereocenters. The van der Waals surface area contributed by atoms with Crippen LogP contribution in [0, 0.1) is 0 Å². The van der Waals surface area contributed by atoms with E-state index in [0.29, 0.717) is 5.69 Å². The fourth-order valence-electron chi connectivity index (χ4n) is 1.12. The van der Waals surface area contributed by atoms with Gasteiger partial charge in [0, 0.05) is 7.05 Å². The molecule has 0 aliphatic rings. The second kappa shape index (κ2) is 3.02. The standard InChI is InChI=1S/C9H8N2O3/c1-10-8(12)11(14-9(10)13)7-5-3-2-4-6-7/h2-6H,1H3. The lowest BCUT2D eigenvalue weighted by atomic mass is 10.3. The zero-order valence-electron chi connectivity index (χ0n) is 7.51. The number of para-hydroxylation sites is 1. The van der Waals surface area contributed by atoms with Gasteiger partial charge >= 0.3 is 11.4 Å². The Morgan fingerprint density at radius 2 is 1.79 bits per heavy atom. The van der Waals surface area contributed by atoms with Crippen molar-refractivity contribution in [2.24, 2.45) is 7.05 Å². The molecule has 0 aliphatic heterocycles. The van der Waals surface area contributed by atoms with Crippen molar-refractivity contribution in [1.82, 2.24) is 9.31 Å². The predicted molar refractivity (Wildman–Crippen MR) is 49.5 cm³/mol. The predicted octanol–water partition coefficient (Wildman–Crippen LogP) is 0.129. The molecule has 0 radical (unpaired) electrons. The van der Waals surface area contributed by atoms with E-state index in [0.717, 1.165) is 9.31 Å². The molecule has 5 heteroatoms. The van der Waals surface area contributed by atoms with Crippen LogP contribution in [0.5, 0.6) is 0 Å². The Labute approximate surface area is 78.8 Å². The van der Waals surface area contributed by atoms with Gasteiger partial charge in [0.15, 0.2) is 0 Å². The molecule has 0 atom stereocenters. The van der Waals surface area contributed by atoms with Crippen molar-refractivity contribution in [2.45, 2.75) is 0 Å². The Morgan fingerprint density at radius 1 is 1.14 bits per heavy atom. The van der Waals surface area contributed by atoms with Crippen LogP contribution in [0.4, 0.5) is 0 Å². The molecular weight excluding hydrogens is 184 g/mol. The molecule has 0 amide bonds. The average Bonchev–Trinajstić information content (AvgIpc) is 2.47. The molecule has 1 aromatic carbocycles. The van der Waals surface area contributed by atoms with Gasteiger partial charge in [-0.05, 0) is 12.1 Å². The maximum absolute atomic E-state index is 11.4. The van der Waals surface area contributed by atoms with Gasteiger partial charge in [-0.25, -0.2) is 14.2 Å². The lowest BCUT2D eigenvalue weighted by Crippen LogP contribution is -2.25. The number of rotatable bonds is 1. The second-order valence-corrected chi connectivity index (χ2v) is 2.83. The molecule has 0 saturated heterocycles. The molecule has 14 heavy (non-hydrogen) atoms. The summed E-state index contributed by atoms with van der Waals surface area (Å²) in [7, 11) is 1.37. The Morgan fingerprint density at radius 3 is 2.29 bits per heavy atom. The molecule has 1 heterocycles. The Hall–Kier alpha value is -2.04. The van der Waals surface area contributed by atoms with E-state index in [-0.39, 0.29) is 0 Å².